The van der Waals surface area contributed by atoms with Crippen molar-refractivity contribution in [3.05, 3.63) is 28.1 Å². The highest BCUT2D eigenvalue weighted by molar-refractivity contribution is 7.39. The molecule has 0 radical (unpaired) electrons. The van der Waals surface area contributed by atoms with Crippen molar-refractivity contribution in [2.75, 3.05) is 0 Å². The first-order chi connectivity index (χ1) is 8.25. The molecule has 0 fully saturated rings. The Morgan fingerprint density at radius 1 is 1.18 bits per heavy atom. The molecule has 0 saturated carbocycles. The molecule has 0 aliphatic rings. The molecular weight excluding hydrogens is 270 g/mol. The van der Waals surface area contributed by atoms with E-state index in [4.69, 9.17) is 0 Å². The predicted octanol–water partition coefficient (Wildman–Crippen LogP) is 5.45. The van der Waals surface area contributed by atoms with Crippen LogP contribution in [0.2, 0.25) is 0 Å². The zero-order valence-electron chi connectivity index (χ0n) is 9.30. The van der Waals surface area contributed by atoms with E-state index in [2.05, 4.69) is 34.4 Å². The molecule has 0 unspecified atom stereocenters. The van der Waals surface area contributed by atoms with Gasteiger partial charge in [0.15, 0.2) is 0 Å². The van der Waals surface area contributed by atoms with Crippen LogP contribution in [0.3, 0.4) is 0 Å². The number of nitrogens with zero attached hydrogens (tertiary/aromatic N) is 3. The summed E-state index contributed by atoms with van der Waals surface area (Å²) < 4.78 is 1.33. The lowest BCUT2D eigenvalue weighted by Crippen LogP contribution is -1.68. The number of aromatic nitrogens is 1. The van der Waals surface area contributed by atoms with Gasteiger partial charge in [-0.3, -0.25) is 0 Å². The molecule has 3 heterocycles. The maximum absolute atomic E-state index is 4.30. The Kier molecular flexibility index (Phi) is 2.78. The summed E-state index contributed by atoms with van der Waals surface area (Å²) in [5, 5.41) is 15.6. The van der Waals surface area contributed by atoms with Crippen LogP contribution in [-0.2, 0) is 0 Å². The summed E-state index contributed by atoms with van der Waals surface area (Å²) in [6, 6.07) is 0. The zero-order valence-corrected chi connectivity index (χ0v) is 11.7. The van der Waals surface area contributed by atoms with E-state index < -0.39 is 0 Å². The number of thiophene rings is 2. The van der Waals surface area contributed by atoms with Gasteiger partial charge < -0.3 is 0 Å². The van der Waals surface area contributed by atoms with Crippen LogP contribution in [0.5, 0.6) is 0 Å². The fourth-order valence-corrected chi connectivity index (χ4v) is 4.45. The number of hydrogen-bond donors (Lipinski definition) is 0. The lowest BCUT2D eigenvalue weighted by Gasteiger charge is -1.90. The Labute approximate surface area is 110 Å². The highest BCUT2D eigenvalue weighted by atomic mass is 32.2. The normalized spacial score (nSPS) is 11.9. The van der Waals surface area contributed by atoms with Gasteiger partial charge >= 0.3 is 0 Å². The molecule has 0 N–H and O–H groups in total. The fourth-order valence-electron chi connectivity index (χ4n) is 1.66. The van der Waals surface area contributed by atoms with Crippen LogP contribution in [0.1, 0.15) is 11.1 Å². The Bertz CT molecular complexity index is 676. The summed E-state index contributed by atoms with van der Waals surface area (Å²) in [5.41, 5.74) is 2.55. The van der Waals surface area contributed by atoms with E-state index in [1.54, 1.807) is 28.9 Å². The maximum atomic E-state index is 4.30. The third-order valence-corrected chi connectivity index (χ3v) is 5.53. The second-order valence-electron chi connectivity index (χ2n) is 3.63. The molecule has 0 bridgehead atoms. The largest absolute Gasteiger partial charge is 0.229 e. The van der Waals surface area contributed by atoms with Gasteiger partial charge in [-0.2, -0.15) is 0 Å². The molecule has 0 amide bonds. The lowest BCUT2D eigenvalue weighted by molar-refractivity contribution is 1.20. The quantitative estimate of drug-likeness (QED) is 0.574. The minimum atomic E-state index is 0.706. The van der Waals surface area contributed by atoms with Gasteiger partial charge in [-0.25, -0.2) is 4.98 Å². The molecule has 3 aromatic rings. The lowest BCUT2D eigenvalue weighted by atomic mass is 10.2. The average Bonchev–Trinajstić information content (AvgIpc) is 2.98. The molecule has 0 aliphatic heterocycles. The molecule has 0 aromatic carbocycles. The van der Waals surface area contributed by atoms with E-state index in [-0.39, 0.29) is 0 Å². The minimum absolute atomic E-state index is 0.706. The predicted molar refractivity (Wildman–Crippen MR) is 75.5 cm³/mol. The van der Waals surface area contributed by atoms with Crippen LogP contribution in [-0.4, -0.2) is 4.98 Å². The maximum Gasteiger partial charge on any atom is 0.229 e. The van der Waals surface area contributed by atoms with Crippen molar-refractivity contribution in [2.24, 2.45) is 10.2 Å². The summed E-state index contributed by atoms with van der Waals surface area (Å²) >= 11 is 4.97. The molecular formula is C11H9N3S3. The Morgan fingerprint density at radius 2 is 2.06 bits per heavy atom. The van der Waals surface area contributed by atoms with E-state index in [9.17, 15) is 0 Å². The fraction of sp³-hybridized carbons (Fsp3) is 0.182. The first-order valence-corrected chi connectivity index (χ1v) is 7.61. The summed E-state index contributed by atoms with van der Waals surface area (Å²) in [6.07, 6.45) is 1.74. The van der Waals surface area contributed by atoms with Crippen LogP contribution in [0, 0.1) is 13.8 Å². The number of fused-ring (bicyclic) bond motifs is 1. The van der Waals surface area contributed by atoms with Crippen molar-refractivity contribution in [2.45, 2.75) is 13.8 Å². The average molecular weight is 279 g/mol. The molecule has 3 aromatic heterocycles. The second-order valence-corrected chi connectivity index (χ2v) is 6.64. The number of thiazole rings is 1. The van der Waals surface area contributed by atoms with Crippen LogP contribution < -0.4 is 0 Å². The summed E-state index contributed by atoms with van der Waals surface area (Å²) in [6.45, 7) is 4.25. The van der Waals surface area contributed by atoms with Gasteiger partial charge in [0.1, 0.15) is 5.00 Å². The van der Waals surface area contributed by atoms with Gasteiger partial charge in [-0.1, -0.05) is 0 Å². The van der Waals surface area contributed by atoms with Crippen molar-refractivity contribution >= 4 is 53.5 Å². The Balaban J connectivity index is 2.04. The van der Waals surface area contributed by atoms with Crippen LogP contribution in [0.4, 0.5) is 10.1 Å². The topological polar surface area (TPSA) is 37.6 Å². The summed E-state index contributed by atoms with van der Waals surface area (Å²) in [5.74, 6) is 0. The molecule has 3 nitrogen and oxygen atoms in total. The van der Waals surface area contributed by atoms with E-state index in [0.717, 1.165) is 5.00 Å². The monoisotopic (exact) mass is 279 g/mol. The van der Waals surface area contributed by atoms with Crippen molar-refractivity contribution in [3.63, 3.8) is 0 Å². The van der Waals surface area contributed by atoms with Crippen molar-refractivity contribution in [1.82, 2.24) is 4.98 Å². The van der Waals surface area contributed by atoms with Crippen LogP contribution >= 0.6 is 34.0 Å². The highest BCUT2D eigenvalue weighted by Crippen LogP contribution is 2.42. The summed E-state index contributed by atoms with van der Waals surface area (Å²) in [4.78, 5) is 4.09. The highest BCUT2D eigenvalue weighted by Gasteiger charge is 2.11. The van der Waals surface area contributed by atoms with E-state index in [1.807, 2.05) is 5.38 Å². The minimum Gasteiger partial charge on any atom is -0.226 e. The van der Waals surface area contributed by atoms with Gasteiger partial charge in [0, 0.05) is 17.0 Å². The smallest absolute Gasteiger partial charge is 0.226 e. The third kappa shape index (κ3) is 1.92. The molecule has 3 rings (SSSR count). The molecule has 0 saturated heterocycles. The molecule has 86 valence electrons. The van der Waals surface area contributed by atoms with Crippen LogP contribution in [0.25, 0.3) is 9.40 Å². The molecule has 0 spiro atoms. The van der Waals surface area contributed by atoms with Gasteiger partial charge in [0.25, 0.3) is 0 Å². The van der Waals surface area contributed by atoms with Gasteiger partial charge in [-0.15, -0.1) is 44.2 Å². The Morgan fingerprint density at radius 3 is 2.76 bits per heavy atom. The first-order valence-electron chi connectivity index (χ1n) is 5.04. The van der Waals surface area contributed by atoms with Gasteiger partial charge in [0.2, 0.25) is 5.13 Å². The SMILES string of the molecule is Cc1csc2sc(/N=N/c3nccs3)c(C)c12. The number of rotatable bonds is 2. The molecule has 6 heteroatoms. The van der Waals surface area contributed by atoms with Crippen molar-refractivity contribution in [3.8, 4) is 0 Å². The van der Waals surface area contributed by atoms with Crippen LogP contribution in [0.15, 0.2) is 27.2 Å². The van der Waals surface area contributed by atoms with Gasteiger partial charge in [0.05, 0.1) is 4.01 Å². The standard InChI is InChI=1S/C11H9N3S3/c1-6-5-16-10-8(6)7(2)9(17-10)13-14-11-12-3-4-15-11/h3-5H,1-2H3/b14-13+. The van der Waals surface area contributed by atoms with Crippen molar-refractivity contribution < 1.29 is 0 Å². The van der Waals surface area contributed by atoms with E-state index >= 15 is 0 Å². The van der Waals surface area contributed by atoms with E-state index in [1.165, 1.54) is 31.9 Å². The number of azo groups is 1. The summed E-state index contributed by atoms with van der Waals surface area (Å²) in [7, 11) is 0. The Hall–Kier alpha value is -1.11. The molecule has 17 heavy (non-hydrogen) atoms. The van der Waals surface area contributed by atoms with E-state index in [0.29, 0.717) is 5.13 Å². The molecule has 0 aliphatic carbocycles. The second kappa shape index (κ2) is 4.29. The number of hydrogen-bond acceptors (Lipinski definition) is 6. The number of aryl methyl sites for hydroxylation is 2. The molecule has 0 atom stereocenters. The zero-order chi connectivity index (χ0) is 11.8. The van der Waals surface area contributed by atoms with Crippen molar-refractivity contribution in [1.29, 1.82) is 0 Å². The van der Waals surface area contributed by atoms with Gasteiger partial charge in [-0.05, 0) is 30.4 Å². The first kappa shape index (κ1) is 11.0. The third-order valence-electron chi connectivity index (χ3n) is 2.47.